The van der Waals surface area contributed by atoms with Crippen LogP contribution in [0.5, 0.6) is 0 Å². The normalized spacial score (nSPS) is 11.1. The van der Waals surface area contributed by atoms with E-state index in [-0.39, 0.29) is 5.91 Å². The average Bonchev–Trinajstić information content (AvgIpc) is 3.18. The van der Waals surface area contributed by atoms with Gasteiger partial charge in [-0.15, -0.1) is 0 Å². The minimum atomic E-state index is 0.0684. The fourth-order valence-corrected chi connectivity index (χ4v) is 2.66. The zero-order valence-electron chi connectivity index (χ0n) is 13.5. The Bertz CT molecular complexity index is 822. The first-order chi connectivity index (χ1) is 11.1. The monoisotopic (exact) mass is 313 g/mol. The summed E-state index contributed by atoms with van der Waals surface area (Å²) in [6.07, 6.45) is 4.14. The van der Waals surface area contributed by atoms with Crippen LogP contribution >= 0.6 is 0 Å². The maximum absolute atomic E-state index is 12.3. The third kappa shape index (κ3) is 3.08. The van der Waals surface area contributed by atoms with Crippen molar-refractivity contribution in [2.75, 3.05) is 7.05 Å². The van der Waals surface area contributed by atoms with Crippen LogP contribution in [0.4, 0.5) is 0 Å². The van der Waals surface area contributed by atoms with Crippen molar-refractivity contribution < 1.29 is 9.21 Å². The van der Waals surface area contributed by atoms with Crippen molar-refractivity contribution in [3.8, 4) is 0 Å². The van der Waals surface area contributed by atoms with Gasteiger partial charge in [-0.1, -0.05) is 0 Å². The summed E-state index contributed by atoms with van der Waals surface area (Å²) in [4.78, 5) is 22.5. The molecule has 0 unspecified atom stereocenters. The maximum Gasteiger partial charge on any atom is 0.252 e. The first-order valence-corrected chi connectivity index (χ1v) is 7.48. The second-order valence-electron chi connectivity index (χ2n) is 5.56. The van der Waals surface area contributed by atoms with Gasteiger partial charge in [0.05, 0.1) is 12.8 Å². The summed E-state index contributed by atoms with van der Waals surface area (Å²) in [6.45, 7) is 4.39. The number of rotatable bonds is 5. The van der Waals surface area contributed by atoms with Crippen molar-refractivity contribution >= 4 is 11.7 Å². The van der Waals surface area contributed by atoms with Crippen molar-refractivity contribution in [3.05, 3.63) is 47.4 Å². The molecular formula is C16H19N5O2. The number of amides is 1. The molecule has 3 rings (SSSR count). The zero-order chi connectivity index (χ0) is 16.4. The van der Waals surface area contributed by atoms with Gasteiger partial charge in [0.1, 0.15) is 12.1 Å². The van der Waals surface area contributed by atoms with Crippen molar-refractivity contribution in [2.45, 2.75) is 33.2 Å². The molecule has 0 N–H and O–H groups in total. The van der Waals surface area contributed by atoms with Gasteiger partial charge in [-0.25, -0.2) is 9.50 Å². The number of furan rings is 1. The molecule has 120 valence electrons. The molecule has 0 bridgehead atoms. The van der Waals surface area contributed by atoms with Gasteiger partial charge in [-0.3, -0.25) is 4.79 Å². The molecule has 0 aliphatic carbocycles. The fourth-order valence-electron chi connectivity index (χ4n) is 2.66. The number of fused-ring (bicyclic) bond motifs is 1. The van der Waals surface area contributed by atoms with E-state index in [1.807, 2.05) is 26.0 Å². The highest BCUT2D eigenvalue weighted by Crippen LogP contribution is 2.15. The average molecular weight is 313 g/mol. The Labute approximate surface area is 134 Å². The van der Waals surface area contributed by atoms with Crippen LogP contribution in [-0.4, -0.2) is 37.4 Å². The van der Waals surface area contributed by atoms with Crippen LogP contribution in [0.2, 0.25) is 0 Å². The van der Waals surface area contributed by atoms with Gasteiger partial charge in [0.15, 0.2) is 0 Å². The Morgan fingerprint density at radius 3 is 2.96 bits per heavy atom. The molecule has 0 fully saturated rings. The minimum absolute atomic E-state index is 0.0684. The lowest BCUT2D eigenvalue weighted by atomic mass is 10.1. The van der Waals surface area contributed by atoms with Crippen molar-refractivity contribution in [1.82, 2.24) is 24.5 Å². The van der Waals surface area contributed by atoms with E-state index in [9.17, 15) is 4.79 Å². The predicted molar refractivity (Wildman–Crippen MR) is 83.8 cm³/mol. The molecule has 0 atom stereocenters. The van der Waals surface area contributed by atoms with Crippen LogP contribution in [0, 0.1) is 13.8 Å². The van der Waals surface area contributed by atoms with E-state index in [0.717, 1.165) is 22.7 Å². The van der Waals surface area contributed by atoms with Crippen LogP contribution in [-0.2, 0) is 17.8 Å². The number of aromatic nitrogens is 4. The quantitative estimate of drug-likeness (QED) is 0.719. The Balaban J connectivity index is 1.69. The van der Waals surface area contributed by atoms with Gasteiger partial charge in [-0.05, 0) is 38.0 Å². The highest BCUT2D eigenvalue weighted by atomic mass is 16.3. The second-order valence-corrected chi connectivity index (χ2v) is 5.56. The SMILES string of the molecule is Cc1nc2ncnn2c(C)c1CCC(=O)N(C)Cc1ccco1. The number of nitrogens with zero attached hydrogens (tertiary/aromatic N) is 5. The minimum Gasteiger partial charge on any atom is -0.467 e. The van der Waals surface area contributed by atoms with Crippen LogP contribution in [0.1, 0.15) is 29.1 Å². The molecule has 1 amide bonds. The van der Waals surface area contributed by atoms with Crippen LogP contribution in [0.15, 0.2) is 29.1 Å². The largest absolute Gasteiger partial charge is 0.467 e. The van der Waals surface area contributed by atoms with Gasteiger partial charge < -0.3 is 9.32 Å². The Kier molecular flexibility index (Phi) is 4.10. The van der Waals surface area contributed by atoms with E-state index < -0.39 is 0 Å². The van der Waals surface area contributed by atoms with E-state index >= 15 is 0 Å². The molecule has 0 saturated heterocycles. The Morgan fingerprint density at radius 2 is 2.22 bits per heavy atom. The smallest absolute Gasteiger partial charge is 0.252 e. The summed E-state index contributed by atoms with van der Waals surface area (Å²) >= 11 is 0. The van der Waals surface area contributed by atoms with Gasteiger partial charge in [0.2, 0.25) is 5.91 Å². The van der Waals surface area contributed by atoms with E-state index in [1.54, 1.807) is 22.7 Å². The molecule has 7 nitrogen and oxygen atoms in total. The van der Waals surface area contributed by atoms with Crippen molar-refractivity contribution in [1.29, 1.82) is 0 Å². The summed E-state index contributed by atoms with van der Waals surface area (Å²) in [5, 5.41) is 4.17. The van der Waals surface area contributed by atoms with E-state index in [4.69, 9.17) is 4.42 Å². The Hall–Kier alpha value is -2.70. The molecular weight excluding hydrogens is 294 g/mol. The molecule has 0 spiro atoms. The molecule has 23 heavy (non-hydrogen) atoms. The lowest BCUT2D eigenvalue weighted by Gasteiger charge is -2.16. The number of hydrogen-bond acceptors (Lipinski definition) is 5. The van der Waals surface area contributed by atoms with Gasteiger partial charge in [-0.2, -0.15) is 10.1 Å². The molecule has 0 aliphatic rings. The van der Waals surface area contributed by atoms with E-state index in [2.05, 4.69) is 15.1 Å². The van der Waals surface area contributed by atoms with Gasteiger partial charge >= 0.3 is 0 Å². The summed E-state index contributed by atoms with van der Waals surface area (Å²) in [5.41, 5.74) is 2.92. The number of hydrogen-bond donors (Lipinski definition) is 0. The number of carbonyl (C=O) groups is 1. The molecule has 3 aromatic rings. The summed E-state index contributed by atoms with van der Waals surface area (Å²) in [6, 6.07) is 3.68. The van der Waals surface area contributed by atoms with Crippen LogP contribution in [0.25, 0.3) is 5.78 Å². The number of carbonyl (C=O) groups excluding carboxylic acids is 1. The topological polar surface area (TPSA) is 76.5 Å². The summed E-state index contributed by atoms with van der Waals surface area (Å²) in [5.74, 6) is 1.43. The third-order valence-corrected chi connectivity index (χ3v) is 3.98. The maximum atomic E-state index is 12.3. The Morgan fingerprint density at radius 1 is 1.39 bits per heavy atom. The summed E-state index contributed by atoms with van der Waals surface area (Å²) < 4.78 is 6.98. The first kappa shape index (κ1) is 15.2. The highest BCUT2D eigenvalue weighted by molar-refractivity contribution is 5.76. The van der Waals surface area contributed by atoms with E-state index in [0.29, 0.717) is 25.2 Å². The lowest BCUT2D eigenvalue weighted by molar-refractivity contribution is -0.130. The molecule has 0 radical (unpaired) electrons. The zero-order valence-corrected chi connectivity index (χ0v) is 13.5. The molecule has 3 heterocycles. The van der Waals surface area contributed by atoms with Crippen molar-refractivity contribution in [2.24, 2.45) is 0 Å². The second kappa shape index (κ2) is 6.20. The molecule has 7 heteroatoms. The summed E-state index contributed by atoms with van der Waals surface area (Å²) in [7, 11) is 1.78. The molecule has 0 aliphatic heterocycles. The first-order valence-electron chi connectivity index (χ1n) is 7.48. The highest BCUT2D eigenvalue weighted by Gasteiger charge is 2.15. The number of aryl methyl sites for hydroxylation is 2. The third-order valence-electron chi connectivity index (χ3n) is 3.98. The van der Waals surface area contributed by atoms with Gasteiger partial charge in [0.25, 0.3) is 5.78 Å². The molecule has 0 saturated carbocycles. The standard InChI is InChI=1S/C16H19N5O2/c1-11-14(12(2)21-16(19-11)17-10-18-21)6-7-15(22)20(3)9-13-5-4-8-23-13/h4-5,8,10H,6-7,9H2,1-3H3. The van der Waals surface area contributed by atoms with E-state index in [1.165, 1.54) is 6.33 Å². The van der Waals surface area contributed by atoms with Crippen molar-refractivity contribution in [3.63, 3.8) is 0 Å². The molecule has 3 aromatic heterocycles. The van der Waals surface area contributed by atoms with Gasteiger partial charge in [0, 0.05) is 24.9 Å². The molecule has 0 aromatic carbocycles. The predicted octanol–water partition coefficient (Wildman–Crippen LogP) is 1.93. The van der Waals surface area contributed by atoms with Crippen LogP contribution < -0.4 is 0 Å². The van der Waals surface area contributed by atoms with Crippen LogP contribution in [0.3, 0.4) is 0 Å². The fraction of sp³-hybridized carbons (Fsp3) is 0.375. The lowest BCUT2D eigenvalue weighted by Crippen LogP contribution is -2.26.